The number of halogens is 3. The number of carbonyl (C=O) groups is 3. The van der Waals surface area contributed by atoms with Crippen molar-refractivity contribution < 1.29 is 33.4 Å². The van der Waals surface area contributed by atoms with E-state index >= 15 is 4.39 Å². The van der Waals surface area contributed by atoms with Crippen LogP contribution in [0.15, 0.2) is 23.8 Å². The summed E-state index contributed by atoms with van der Waals surface area (Å²) in [6.45, 7) is 7.44. The molecule has 0 amide bonds. The predicted octanol–water partition coefficient (Wildman–Crippen LogP) is 4.64. The van der Waals surface area contributed by atoms with Crippen molar-refractivity contribution in [2.45, 2.75) is 82.0 Å². The maximum absolute atomic E-state index is 17.4. The number of esters is 2. The molecular formula is C26H33Cl2FO6. The Balaban J connectivity index is 1.81. The summed E-state index contributed by atoms with van der Waals surface area (Å²) in [5.74, 6) is -3.04. The molecule has 0 heterocycles. The number of carbonyl (C=O) groups excluding carboxylic acids is 3. The molecule has 0 radical (unpaired) electrons. The molecule has 8 atom stereocenters. The molecule has 3 saturated carbocycles. The Morgan fingerprint density at radius 1 is 1.29 bits per heavy atom. The van der Waals surface area contributed by atoms with Gasteiger partial charge >= 0.3 is 11.9 Å². The van der Waals surface area contributed by atoms with Gasteiger partial charge in [0.25, 0.3) is 0 Å². The fourth-order valence-corrected chi connectivity index (χ4v) is 7.75. The molecule has 4 rings (SSSR count). The van der Waals surface area contributed by atoms with Gasteiger partial charge in [0.1, 0.15) is 0 Å². The molecule has 1 N–H and O–H groups in total. The lowest BCUT2D eigenvalue weighted by Crippen LogP contribution is -2.70. The van der Waals surface area contributed by atoms with Gasteiger partial charge in [-0.3, -0.25) is 4.79 Å². The van der Waals surface area contributed by atoms with Crippen LogP contribution in [-0.4, -0.2) is 51.6 Å². The van der Waals surface area contributed by atoms with Gasteiger partial charge in [-0.1, -0.05) is 55.6 Å². The smallest absolute Gasteiger partial charge is 0.351 e. The average Bonchev–Trinajstić information content (AvgIpc) is 3.08. The summed E-state index contributed by atoms with van der Waals surface area (Å²) >= 11 is 11.5. The highest BCUT2D eigenvalue weighted by Crippen LogP contribution is 2.71. The van der Waals surface area contributed by atoms with Crippen LogP contribution in [0.3, 0.4) is 0 Å². The third-order valence-corrected chi connectivity index (χ3v) is 9.67. The highest BCUT2D eigenvalue weighted by Gasteiger charge is 2.76. The van der Waals surface area contributed by atoms with Crippen LogP contribution in [0.4, 0.5) is 4.39 Å². The zero-order chi connectivity index (χ0) is 26.0. The molecule has 0 saturated heterocycles. The van der Waals surface area contributed by atoms with Gasteiger partial charge in [-0.25, -0.2) is 14.0 Å². The lowest BCUT2D eigenvalue weighted by atomic mass is 9.43. The summed E-state index contributed by atoms with van der Waals surface area (Å²) in [7, 11) is 0. The van der Waals surface area contributed by atoms with Gasteiger partial charge in [0.05, 0.1) is 12.7 Å². The maximum Gasteiger partial charge on any atom is 0.351 e. The topological polar surface area (TPSA) is 89.9 Å². The Morgan fingerprint density at radius 2 is 1.97 bits per heavy atom. The normalized spacial score (nSPS) is 44.3. The lowest BCUT2D eigenvalue weighted by molar-refractivity contribution is -0.235. The fourth-order valence-electron chi connectivity index (χ4n) is 7.66. The van der Waals surface area contributed by atoms with E-state index in [9.17, 15) is 19.5 Å². The Labute approximate surface area is 215 Å². The molecule has 4 aliphatic carbocycles. The monoisotopic (exact) mass is 530 g/mol. The fraction of sp³-hybridized carbons (Fsp3) is 0.731. The van der Waals surface area contributed by atoms with Gasteiger partial charge in [0.15, 0.2) is 11.5 Å². The third kappa shape index (κ3) is 3.55. The second-order valence-electron chi connectivity index (χ2n) is 11.0. The molecule has 0 aromatic rings. The van der Waals surface area contributed by atoms with Crippen LogP contribution in [0, 0.1) is 28.6 Å². The summed E-state index contributed by atoms with van der Waals surface area (Å²) in [6, 6.07) is 0. The summed E-state index contributed by atoms with van der Waals surface area (Å²) < 4.78 is 28.6. The van der Waals surface area contributed by atoms with E-state index < -0.39 is 56.8 Å². The molecule has 0 spiro atoms. The number of alkyl halides is 3. The van der Waals surface area contributed by atoms with Crippen molar-refractivity contribution in [1.29, 1.82) is 0 Å². The van der Waals surface area contributed by atoms with Gasteiger partial charge in [-0.15, -0.1) is 0 Å². The van der Waals surface area contributed by atoms with E-state index in [1.165, 1.54) is 12.2 Å². The van der Waals surface area contributed by atoms with E-state index in [4.69, 9.17) is 32.7 Å². The molecule has 6 nitrogen and oxygen atoms in total. The van der Waals surface area contributed by atoms with E-state index in [2.05, 4.69) is 0 Å². The summed E-state index contributed by atoms with van der Waals surface area (Å²) in [6.07, 6.45) is 4.30. The highest BCUT2D eigenvalue weighted by molar-refractivity contribution is 6.53. The van der Waals surface area contributed by atoms with Crippen LogP contribution in [0.25, 0.3) is 0 Å². The first-order valence-electron chi connectivity index (χ1n) is 12.3. The van der Waals surface area contributed by atoms with Crippen molar-refractivity contribution in [1.82, 2.24) is 0 Å². The highest BCUT2D eigenvalue weighted by atomic mass is 35.5. The van der Waals surface area contributed by atoms with Crippen LogP contribution in [0.1, 0.15) is 59.8 Å². The minimum Gasteiger partial charge on any atom is -0.463 e. The molecule has 35 heavy (non-hydrogen) atoms. The van der Waals surface area contributed by atoms with E-state index in [1.54, 1.807) is 19.9 Å². The molecule has 0 aromatic heterocycles. The number of fused-ring (bicyclic) bond motifs is 5. The van der Waals surface area contributed by atoms with Crippen LogP contribution < -0.4 is 0 Å². The number of aliphatic hydroxyl groups is 1. The van der Waals surface area contributed by atoms with Crippen molar-refractivity contribution in [3.8, 4) is 0 Å². The number of rotatable bonds is 5. The van der Waals surface area contributed by atoms with Crippen LogP contribution >= 0.6 is 23.2 Å². The zero-order valence-electron chi connectivity index (χ0n) is 20.5. The van der Waals surface area contributed by atoms with Gasteiger partial charge in [0, 0.05) is 16.7 Å². The molecule has 3 fully saturated rings. The number of ether oxygens (including phenoxy) is 2. The largest absolute Gasteiger partial charge is 0.463 e. The molecule has 4 aliphatic rings. The number of aliphatic hydroxyl groups excluding tert-OH is 1. The minimum atomic E-state index is -2.07. The number of allylic oxidation sites excluding steroid dienone is 4. The third-order valence-electron chi connectivity index (χ3n) is 9.31. The summed E-state index contributed by atoms with van der Waals surface area (Å²) in [5.41, 5.74) is -5.42. The number of ketones is 1. The van der Waals surface area contributed by atoms with Gasteiger partial charge < -0.3 is 14.6 Å². The van der Waals surface area contributed by atoms with Crippen molar-refractivity contribution >= 4 is 40.9 Å². The van der Waals surface area contributed by atoms with E-state index in [0.29, 0.717) is 24.8 Å². The first-order valence-corrected chi connectivity index (χ1v) is 13.2. The standard InChI is InChI=1S/C26H33Cl2FO6/c1-5-10-34-22(33)25(35-21(32)20(27)28)9-7-16-18-11-14(2)17-12-15(30)6-8-23(17,3)26(18,29)19(31)13-24(16,25)4/h6,8,12,14,16,18-20,31H,5,7,9-11,13H2,1-4H3/t14-,16-,18-,19-,23-,24-,25-,26-/m0/s1. The van der Waals surface area contributed by atoms with E-state index in [-0.39, 0.29) is 31.1 Å². The van der Waals surface area contributed by atoms with Crippen LogP contribution in [0.5, 0.6) is 0 Å². The molecular weight excluding hydrogens is 498 g/mol. The zero-order valence-corrected chi connectivity index (χ0v) is 22.0. The molecule has 9 heteroatoms. The average molecular weight is 531 g/mol. The van der Waals surface area contributed by atoms with Crippen LogP contribution in [-0.2, 0) is 23.9 Å². The molecule has 0 aromatic carbocycles. The van der Waals surface area contributed by atoms with E-state index in [0.717, 1.165) is 0 Å². The molecule has 0 bridgehead atoms. The Bertz CT molecular complexity index is 996. The van der Waals surface area contributed by atoms with Crippen molar-refractivity contribution in [2.24, 2.45) is 28.6 Å². The molecule has 194 valence electrons. The van der Waals surface area contributed by atoms with E-state index in [1.807, 2.05) is 13.8 Å². The molecule has 0 unspecified atom stereocenters. The maximum atomic E-state index is 17.4. The van der Waals surface area contributed by atoms with Gasteiger partial charge in [-0.05, 0) is 63.0 Å². The van der Waals surface area contributed by atoms with Gasteiger partial charge in [-0.2, -0.15) is 0 Å². The van der Waals surface area contributed by atoms with Crippen LogP contribution in [0.2, 0.25) is 0 Å². The second kappa shape index (κ2) is 8.84. The number of hydrogen-bond donors (Lipinski definition) is 1. The first kappa shape index (κ1) is 26.6. The van der Waals surface area contributed by atoms with Gasteiger partial charge in [0.2, 0.25) is 10.4 Å². The Hall–Kier alpha value is -1.44. The summed E-state index contributed by atoms with van der Waals surface area (Å²) in [5, 5.41) is 11.5. The predicted molar refractivity (Wildman–Crippen MR) is 128 cm³/mol. The Morgan fingerprint density at radius 3 is 2.60 bits per heavy atom. The van der Waals surface area contributed by atoms with Crippen molar-refractivity contribution in [3.05, 3.63) is 23.8 Å². The van der Waals surface area contributed by atoms with Crippen molar-refractivity contribution in [3.63, 3.8) is 0 Å². The molecule has 0 aliphatic heterocycles. The van der Waals surface area contributed by atoms with Crippen molar-refractivity contribution in [2.75, 3.05) is 6.61 Å². The minimum absolute atomic E-state index is 0.114. The SMILES string of the molecule is CCCOC(=O)[C@@]1(OC(=O)C(Cl)Cl)CC[C@H]2[C@@H]3C[C@H](C)C4=CC(=O)C=C[C@]4(C)[C@@]3(F)[C@@H](O)C[C@@]21C. The summed E-state index contributed by atoms with van der Waals surface area (Å²) in [4.78, 5) is 36.6. The Kier molecular flexibility index (Phi) is 6.73. The second-order valence-corrected chi connectivity index (χ2v) is 12.1. The first-order chi connectivity index (χ1) is 16.3. The quantitative estimate of drug-likeness (QED) is 0.411. The lowest BCUT2D eigenvalue weighted by Gasteiger charge is -2.63. The number of hydrogen-bond acceptors (Lipinski definition) is 6.